The number of anilines is 3. The highest BCUT2D eigenvalue weighted by Gasteiger charge is 2.42. The molecule has 2 aliphatic heterocycles. The van der Waals surface area contributed by atoms with Crippen molar-refractivity contribution < 1.29 is 14.5 Å². The minimum absolute atomic E-state index is 0.0144. The van der Waals surface area contributed by atoms with Gasteiger partial charge >= 0.3 is 0 Å². The van der Waals surface area contributed by atoms with E-state index in [9.17, 15) is 19.7 Å². The number of hydrogen-bond donors (Lipinski definition) is 1. The van der Waals surface area contributed by atoms with Crippen molar-refractivity contribution >= 4 is 34.6 Å². The minimum atomic E-state index is -0.668. The number of non-ortho nitro benzene ring substituents is 1. The second kappa shape index (κ2) is 10.9. The zero-order valence-corrected chi connectivity index (χ0v) is 23.8. The van der Waals surface area contributed by atoms with E-state index in [0.29, 0.717) is 50.2 Å². The molecule has 10 nitrogen and oxygen atoms in total. The first-order chi connectivity index (χ1) is 20.2. The minimum Gasteiger partial charge on any atom is -0.357 e. The van der Waals surface area contributed by atoms with Crippen LogP contribution in [0.1, 0.15) is 38.3 Å². The molecule has 0 bridgehead atoms. The monoisotopic (exact) mass is 566 g/mol. The van der Waals surface area contributed by atoms with Crippen LogP contribution in [0.4, 0.5) is 22.9 Å². The molecule has 6 rings (SSSR count). The highest BCUT2D eigenvalue weighted by molar-refractivity contribution is 6.02. The molecule has 42 heavy (non-hydrogen) atoms. The summed E-state index contributed by atoms with van der Waals surface area (Å²) in [5.74, 6) is 0.814. The predicted molar refractivity (Wildman–Crippen MR) is 161 cm³/mol. The van der Waals surface area contributed by atoms with Crippen LogP contribution in [0.2, 0.25) is 0 Å². The first-order valence-corrected chi connectivity index (χ1v) is 14.3. The van der Waals surface area contributed by atoms with Crippen LogP contribution in [0.25, 0.3) is 0 Å². The lowest BCUT2D eigenvalue weighted by atomic mass is 9.73. The van der Waals surface area contributed by atoms with Crippen LogP contribution in [0, 0.1) is 15.5 Å². The lowest BCUT2D eigenvalue weighted by Gasteiger charge is -2.40. The summed E-state index contributed by atoms with van der Waals surface area (Å²) in [5.41, 5.74) is 3.25. The second-order valence-corrected chi connectivity index (χ2v) is 11.9. The number of allylic oxidation sites excluding steroid dienone is 1. The largest absolute Gasteiger partial charge is 0.357 e. The Bertz CT molecular complexity index is 1560. The molecule has 2 aromatic carbocycles. The molecule has 1 saturated heterocycles. The highest BCUT2D eigenvalue weighted by Crippen LogP contribution is 2.48. The van der Waals surface area contributed by atoms with E-state index >= 15 is 0 Å². The predicted octanol–water partition coefficient (Wildman–Crippen LogP) is 4.96. The average Bonchev–Trinajstić information content (AvgIpc) is 3.11. The Morgan fingerprint density at radius 2 is 1.79 bits per heavy atom. The number of nitro benzene ring substituents is 1. The van der Waals surface area contributed by atoms with Gasteiger partial charge in [0, 0.05) is 62.2 Å². The van der Waals surface area contributed by atoms with Gasteiger partial charge < -0.3 is 20.0 Å². The third-order valence-corrected chi connectivity index (χ3v) is 8.31. The molecule has 216 valence electrons. The number of carbonyl (C=O) groups excluding carboxylic acids is 2. The van der Waals surface area contributed by atoms with Gasteiger partial charge in [-0.05, 0) is 41.7 Å². The molecular formula is C32H34N6O4. The summed E-state index contributed by atoms with van der Waals surface area (Å²) >= 11 is 0. The van der Waals surface area contributed by atoms with Gasteiger partial charge in [0.1, 0.15) is 5.82 Å². The maximum absolute atomic E-state index is 13.9. The van der Waals surface area contributed by atoms with Gasteiger partial charge in [-0.25, -0.2) is 4.98 Å². The number of pyridine rings is 1. The molecule has 0 saturated carbocycles. The Kier molecular flexibility index (Phi) is 7.14. The molecule has 1 aromatic heterocycles. The van der Waals surface area contributed by atoms with Crippen molar-refractivity contribution in [3.05, 3.63) is 99.9 Å². The van der Waals surface area contributed by atoms with Crippen molar-refractivity contribution in [2.24, 2.45) is 5.41 Å². The van der Waals surface area contributed by atoms with E-state index < -0.39 is 11.0 Å². The standard InChI is InChI=1S/C32H34N6O4/c1-32(2)19-25-30(27(39)20-32)31(22-8-7-9-23(18-22)38(41)42)37(26-11-4-3-10-24(26)34-25)21-29(40)36-16-14-35(15-17-36)28-12-5-6-13-33-28/h3-13,18,31,34H,14-17,19-21H2,1-2H3. The van der Waals surface area contributed by atoms with Gasteiger partial charge in [0.05, 0.1) is 28.9 Å². The lowest BCUT2D eigenvalue weighted by Crippen LogP contribution is -2.52. The first kappa shape index (κ1) is 27.4. The van der Waals surface area contributed by atoms with Crippen molar-refractivity contribution in [1.82, 2.24) is 9.88 Å². The van der Waals surface area contributed by atoms with Gasteiger partial charge in [-0.3, -0.25) is 19.7 Å². The summed E-state index contributed by atoms with van der Waals surface area (Å²) in [6.07, 6.45) is 2.76. The SMILES string of the molecule is CC1(C)CC(=O)C2=C(C1)Nc1ccccc1N(CC(=O)N1CCN(c3ccccn3)CC1)C2c1cccc([N+](=O)[O-])c1. The molecule has 10 heteroatoms. The first-order valence-electron chi connectivity index (χ1n) is 14.3. The van der Waals surface area contributed by atoms with E-state index in [0.717, 1.165) is 22.9 Å². The number of rotatable bonds is 5. The molecule has 3 aromatic rings. The van der Waals surface area contributed by atoms with Crippen molar-refractivity contribution in [2.45, 2.75) is 32.7 Å². The number of Topliss-reactive ketones (excluding diaryl/α,β-unsaturated/α-hetero) is 1. The molecule has 3 aliphatic rings. The van der Waals surface area contributed by atoms with E-state index in [2.05, 4.69) is 29.0 Å². The molecule has 1 atom stereocenters. The number of nitrogens with one attached hydrogen (secondary N) is 1. The fourth-order valence-electron chi connectivity index (χ4n) is 6.35. The van der Waals surface area contributed by atoms with Gasteiger partial charge in [0.15, 0.2) is 5.78 Å². The van der Waals surface area contributed by atoms with Crippen LogP contribution in [0.3, 0.4) is 0 Å². The number of benzene rings is 2. The Balaban J connectivity index is 1.38. The fourth-order valence-corrected chi connectivity index (χ4v) is 6.35. The smallest absolute Gasteiger partial charge is 0.269 e. The number of amides is 1. The zero-order chi connectivity index (χ0) is 29.4. The molecule has 0 spiro atoms. The average molecular weight is 567 g/mol. The number of piperazine rings is 1. The molecule has 0 radical (unpaired) electrons. The second-order valence-electron chi connectivity index (χ2n) is 11.9. The Morgan fingerprint density at radius 3 is 2.52 bits per heavy atom. The van der Waals surface area contributed by atoms with Crippen LogP contribution in [0.5, 0.6) is 0 Å². The number of nitrogens with zero attached hydrogens (tertiary/aromatic N) is 5. The number of fused-ring (bicyclic) bond motifs is 1. The van der Waals surface area contributed by atoms with Crippen LogP contribution >= 0.6 is 0 Å². The van der Waals surface area contributed by atoms with Crippen molar-refractivity contribution in [3.8, 4) is 0 Å². The van der Waals surface area contributed by atoms with E-state index in [-0.39, 0.29) is 29.3 Å². The number of aromatic nitrogens is 1. The fraction of sp³-hybridized carbons (Fsp3) is 0.344. The number of hydrogen-bond acceptors (Lipinski definition) is 8. The van der Waals surface area contributed by atoms with Crippen LogP contribution in [-0.4, -0.2) is 59.2 Å². The maximum Gasteiger partial charge on any atom is 0.269 e. The topological polar surface area (TPSA) is 112 Å². The van der Waals surface area contributed by atoms with Crippen LogP contribution in [0.15, 0.2) is 84.2 Å². The number of nitro groups is 1. The van der Waals surface area contributed by atoms with Crippen LogP contribution < -0.4 is 15.1 Å². The van der Waals surface area contributed by atoms with Crippen LogP contribution in [-0.2, 0) is 9.59 Å². The van der Waals surface area contributed by atoms with E-state index in [1.54, 1.807) is 12.3 Å². The van der Waals surface area contributed by atoms with E-state index in [1.165, 1.54) is 12.1 Å². The van der Waals surface area contributed by atoms with Crippen molar-refractivity contribution in [2.75, 3.05) is 47.8 Å². The lowest BCUT2D eigenvalue weighted by molar-refractivity contribution is -0.384. The van der Waals surface area contributed by atoms with Gasteiger partial charge in [-0.1, -0.05) is 44.2 Å². The molecule has 1 aliphatic carbocycles. The van der Waals surface area contributed by atoms with E-state index in [4.69, 9.17) is 0 Å². The normalized spacial score (nSPS) is 19.9. The third-order valence-electron chi connectivity index (χ3n) is 8.31. The Labute approximate surface area is 244 Å². The Morgan fingerprint density at radius 1 is 1.02 bits per heavy atom. The number of ketones is 1. The zero-order valence-electron chi connectivity index (χ0n) is 23.8. The van der Waals surface area contributed by atoms with Gasteiger partial charge in [0.2, 0.25) is 5.91 Å². The number of para-hydroxylation sites is 2. The molecule has 1 amide bonds. The molecular weight excluding hydrogens is 532 g/mol. The Hall–Kier alpha value is -4.73. The molecule has 1 unspecified atom stereocenters. The molecule has 1 N–H and O–H groups in total. The molecule has 3 heterocycles. The van der Waals surface area contributed by atoms with Crippen molar-refractivity contribution in [1.29, 1.82) is 0 Å². The summed E-state index contributed by atoms with van der Waals surface area (Å²) < 4.78 is 0. The summed E-state index contributed by atoms with van der Waals surface area (Å²) in [6, 6.07) is 19.3. The highest BCUT2D eigenvalue weighted by atomic mass is 16.6. The summed E-state index contributed by atoms with van der Waals surface area (Å²) in [4.78, 5) is 49.6. The van der Waals surface area contributed by atoms with Gasteiger partial charge in [-0.15, -0.1) is 0 Å². The van der Waals surface area contributed by atoms with Crippen molar-refractivity contribution in [3.63, 3.8) is 0 Å². The number of carbonyl (C=O) groups is 2. The summed E-state index contributed by atoms with van der Waals surface area (Å²) in [7, 11) is 0. The quantitative estimate of drug-likeness (QED) is 0.341. The van der Waals surface area contributed by atoms with Gasteiger partial charge in [-0.2, -0.15) is 0 Å². The maximum atomic E-state index is 13.9. The summed E-state index contributed by atoms with van der Waals surface area (Å²) in [6.45, 7) is 6.58. The van der Waals surface area contributed by atoms with E-state index in [1.807, 2.05) is 58.3 Å². The summed E-state index contributed by atoms with van der Waals surface area (Å²) in [5, 5.41) is 15.3. The third kappa shape index (κ3) is 5.32. The molecule has 1 fully saturated rings. The van der Waals surface area contributed by atoms with Gasteiger partial charge in [0.25, 0.3) is 5.69 Å².